The van der Waals surface area contributed by atoms with Gasteiger partial charge in [-0.2, -0.15) is 12.6 Å². The van der Waals surface area contributed by atoms with Crippen molar-refractivity contribution in [1.82, 2.24) is 0 Å². The summed E-state index contributed by atoms with van der Waals surface area (Å²) in [5, 5.41) is 33.1. The van der Waals surface area contributed by atoms with E-state index in [1.807, 2.05) is 0 Å². The predicted molar refractivity (Wildman–Crippen MR) is 108 cm³/mol. The number of aliphatic carboxylic acids is 1. The molecule has 0 aromatic heterocycles. The first-order valence-electron chi connectivity index (χ1n) is 9.99. The number of anilines is 1. The number of carboxylic acid groups (broad SMARTS) is 1. The average molecular weight is 406 g/mol. The molecule has 3 aliphatic rings. The lowest BCUT2D eigenvalue weighted by molar-refractivity contribution is -0.137. The van der Waals surface area contributed by atoms with Crippen molar-refractivity contribution in [1.29, 1.82) is 0 Å². The number of hydrogen-bond acceptors (Lipinski definition) is 6. The van der Waals surface area contributed by atoms with E-state index in [2.05, 4.69) is 24.9 Å². The largest absolute Gasteiger partial charge is 0.504 e. The molecular formula is C21H27NO5S. The number of carbonyl (C=O) groups is 2. The summed E-state index contributed by atoms with van der Waals surface area (Å²) in [4.78, 5) is 23.8. The molecule has 1 aromatic carbocycles. The normalized spacial score (nSPS) is 32.2. The van der Waals surface area contributed by atoms with Gasteiger partial charge in [0.25, 0.3) is 0 Å². The Morgan fingerprint density at radius 2 is 2.04 bits per heavy atom. The highest BCUT2D eigenvalue weighted by molar-refractivity contribution is 7.80. The molecule has 28 heavy (non-hydrogen) atoms. The molecule has 0 saturated heterocycles. The van der Waals surface area contributed by atoms with Crippen LogP contribution in [-0.4, -0.2) is 38.9 Å². The highest BCUT2D eigenvalue weighted by Gasteiger charge is 2.54. The molecule has 0 heterocycles. The molecule has 3 aliphatic carbocycles. The third-order valence-electron chi connectivity index (χ3n) is 7.50. The SMILES string of the molecule is C[C@]12CC[C@@H]3c4cc(NC(CS)C(=O)O)c(O)c(O)c4CC[C@H]3[C@@H]1CCC2=O. The number of hydrogen-bond donors (Lipinski definition) is 5. The molecule has 7 heteroatoms. The quantitative estimate of drug-likeness (QED) is 0.389. The van der Waals surface area contributed by atoms with E-state index in [0.29, 0.717) is 30.5 Å². The van der Waals surface area contributed by atoms with Crippen molar-refractivity contribution >= 4 is 30.1 Å². The summed E-state index contributed by atoms with van der Waals surface area (Å²) >= 11 is 4.06. The van der Waals surface area contributed by atoms with E-state index in [1.54, 1.807) is 6.07 Å². The van der Waals surface area contributed by atoms with Gasteiger partial charge in [0.1, 0.15) is 11.8 Å². The van der Waals surface area contributed by atoms with Crippen LogP contribution in [0.4, 0.5) is 5.69 Å². The Morgan fingerprint density at radius 3 is 2.71 bits per heavy atom. The summed E-state index contributed by atoms with van der Waals surface area (Å²) in [6, 6.07) is 0.841. The summed E-state index contributed by atoms with van der Waals surface area (Å²) in [6.45, 7) is 2.12. The van der Waals surface area contributed by atoms with Gasteiger partial charge in [0.15, 0.2) is 11.5 Å². The molecule has 0 amide bonds. The highest BCUT2D eigenvalue weighted by Crippen LogP contribution is 2.61. The van der Waals surface area contributed by atoms with Gasteiger partial charge in [0.05, 0.1) is 5.69 Å². The van der Waals surface area contributed by atoms with Crippen LogP contribution >= 0.6 is 12.6 Å². The Morgan fingerprint density at radius 1 is 1.29 bits per heavy atom. The summed E-state index contributed by atoms with van der Waals surface area (Å²) < 4.78 is 0. The van der Waals surface area contributed by atoms with Crippen molar-refractivity contribution in [2.24, 2.45) is 17.3 Å². The fraction of sp³-hybridized carbons (Fsp3) is 0.619. The minimum atomic E-state index is -1.07. The fourth-order valence-electron chi connectivity index (χ4n) is 5.95. The zero-order valence-corrected chi connectivity index (χ0v) is 16.8. The molecule has 2 fully saturated rings. The summed E-state index contributed by atoms with van der Waals surface area (Å²) in [5.74, 6) is -0.115. The van der Waals surface area contributed by atoms with Gasteiger partial charge in [-0.15, -0.1) is 0 Å². The number of ketones is 1. The smallest absolute Gasteiger partial charge is 0.326 e. The molecule has 5 atom stereocenters. The number of carboxylic acids is 1. The molecule has 0 spiro atoms. The molecule has 152 valence electrons. The zero-order chi connectivity index (χ0) is 20.2. The maximum Gasteiger partial charge on any atom is 0.326 e. The zero-order valence-electron chi connectivity index (χ0n) is 15.9. The molecule has 1 unspecified atom stereocenters. The Labute approximate surface area is 169 Å². The first kappa shape index (κ1) is 19.4. The number of carbonyl (C=O) groups excluding carboxylic acids is 1. The Balaban J connectivity index is 1.72. The molecule has 0 radical (unpaired) electrons. The number of aromatic hydroxyl groups is 2. The van der Waals surface area contributed by atoms with Crippen LogP contribution in [0.15, 0.2) is 6.07 Å². The number of phenolic OH excluding ortho intramolecular Hbond substituents is 2. The number of Topliss-reactive ketones (excluding diaryl/α,β-unsaturated/α-hetero) is 1. The molecular weight excluding hydrogens is 378 g/mol. The number of phenols is 2. The van der Waals surface area contributed by atoms with Crippen molar-refractivity contribution in [3.05, 3.63) is 17.2 Å². The van der Waals surface area contributed by atoms with Crippen LogP contribution in [0, 0.1) is 17.3 Å². The first-order valence-corrected chi connectivity index (χ1v) is 10.6. The standard InChI is InChI=1S/C21H27NO5S/c1-21-7-6-10-11(14(21)4-5-17(21)23)2-3-12-13(10)8-15(19(25)18(12)24)22-16(9-28)20(26)27/h8,10-11,14,16,22,24-25,28H,2-7,9H2,1H3,(H,26,27)/t10-,11+,14-,16?,21-/m0/s1. The molecule has 1 aromatic rings. The van der Waals surface area contributed by atoms with Crippen LogP contribution in [0.25, 0.3) is 0 Å². The minimum absolute atomic E-state index is 0.0568. The summed E-state index contributed by atoms with van der Waals surface area (Å²) in [6.07, 6.45) is 4.87. The average Bonchev–Trinajstić information content (AvgIpc) is 2.97. The van der Waals surface area contributed by atoms with Crippen molar-refractivity contribution < 1.29 is 24.9 Å². The molecule has 2 saturated carbocycles. The highest BCUT2D eigenvalue weighted by atomic mass is 32.1. The van der Waals surface area contributed by atoms with Gasteiger partial charge in [0.2, 0.25) is 0 Å². The lowest BCUT2D eigenvalue weighted by Gasteiger charge is -2.48. The van der Waals surface area contributed by atoms with Gasteiger partial charge in [-0.1, -0.05) is 6.92 Å². The van der Waals surface area contributed by atoms with Crippen LogP contribution in [0.2, 0.25) is 0 Å². The predicted octanol–water partition coefficient (Wildman–Crippen LogP) is 3.32. The van der Waals surface area contributed by atoms with Crippen molar-refractivity contribution in [3.63, 3.8) is 0 Å². The van der Waals surface area contributed by atoms with Crippen LogP contribution in [0.3, 0.4) is 0 Å². The molecule has 6 nitrogen and oxygen atoms in total. The van der Waals surface area contributed by atoms with E-state index in [0.717, 1.165) is 36.8 Å². The van der Waals surface area contributed by atoms with E-state index in [1.165, 1.54) is 0 Å². The van der Waals surface area contributed by atoms with Gasteiger partial charge in [0, 0.05) is 23.2 Å². The maximum absolute atomic E-state index is 12.5. The molecule has 4 rings (SSSR count). The van der Waals surface area contributed by atoms with Gasteiger partial charge >= 0.3 is 5.97 Å². The number of thiol groups is 1. The Kier molecular flexibility index (Phi) is 4.76. The summed E-state index contributed by atoms with van der Waals surface area (Å²) in [5.41, 5.74) is 1.75. The van der Waals surface area contributed by atoms with Gasteiger partial charge in [-0.3, -0.25) is 4.79 Å². The van der Waals surface area contributed by atoms with Crippen LogP contribution < -0.4 is 5.32 Å². The molecule has 0 aliphatic heterocycles. The van der Waals surface area contributed by atoms with Crippen molar-refractivity contribution in [3.8, 4) is 11.5 Å². The lowest BCUT2D eigenvalue weighted by Crippen LogP contribution is -2.42. The Bertz CT molecular complexity index is 841. The minimum Gasteiger partial charge on any atom is -0.504 e. The number of nitrogens with one attached hydrogen (secondary N) is 1. The van der Waals surface area contributed by atoms with E-state index < -0.39 is 12.0 Å². The second kappa shape index (κ2) is 6.87. The summed E-state index contributed by atoms with van der Waals surface area (Å²) in [7, 11) is 0. The number of benzene rings is 1. The second-order valence-electron chi connectivity index (χ2n) is 8.74. The molecule has 4 N–H and O–H groups in total. The van der Waals surface area contributed by atoms with E-state index >= 15 is 0 Å². The third kappa shape index (κ3) is 2.78. The van der Waals surface area contributed by atoms with Gasteiger partial charge < -0.3 is 20.6 Å². The fourth-order valence-corrected chi connectivity index (χ4v) is 6.20. The number of rotatable bonds is 4. The van der Waals surface area contributed by atoms with Crippen LogP contribution in [0.5, 0.6) is 11.5 Å². The molecule has 0 bridgehead atoms. The van der Waals surface area contributed by atoms with E-state index in [-0.39, 0.29) is 34.3 Å². The van der Waals surface area contributed by atoms with Gasteiger partial charge in [-0.05, 0) is 61.5 Å². The first-order chi connectivity index (χ1) is 13.3. The Hall–Kier alpha value is -1.89. The van der Waals surface area contributed by atoms with Crippen molar-refractivity contribution in [2.75, 3.05) is 11.1 Å². The van der Waals surface area contributed by atoms with E-state index in [9.17, 15) is 24.9 Å². The monoisotopic (exact) mass is 405 g/mol. The second-order valence-corrected chi connectivity index (χ2v) is 9.11. The van der Waals surface area contributed by atoms with E-state index in [4.69, 9.17) is 0 Å². The van der Waals surface area contributed by atoms with Crippen LogP contribution in [0.1, 0.15) is 56.1 Å². The number of fused-ring (bicyclic) bond motifs is 5. The lowest BCUT2D eigenvalue weighted by atomic mass is 9.55. The van der Waals surface area contributed by atoms with Crippen molar-refractivity contribution in [2.45, 2.75) is 57.4 Å². The third-order valence-corrected chi connectivity index (χ3v) is 7.86. The van der Waals surface area contributed by atoms with Crippen LogP contribution in [-0.2, 0) is 16.0 Å². The maximum atomic E-state index is 12.5. The topological polar surface area (TPSA) is 107 Å². The van der Waals surface area contributed by atoms with Gasteiger partial charge in [-0.25, -0.2) is 4.79 Å².